The number of nitro groups is 2. The van der Waals surface area contributed by atoms with E-state index in [0.29, 0.717) is 5.56 Å². The van der Waals surface area contributed by atoms with Crippen molar-refractivity contribution in [1.29, 1.82) is 10.5 Å². The minimum absolute atomic E-state index is 0.0202. The summed E-state index contributed by atoms with van der Waals surface area (Å²) in [6.07, 6.45) is 0. The summed E-state index contributed by atoms with van der Waals surface area (Å²) in [5.74, 6) is -0.578. The van der Waals surface area contributed by atoms with E-state index in [1.807, 2.05) is 0 Å². The van der Waals surface area contributed by atoms with Crippen molar-refractivity contribution < 1.29 is 14.6 Å². The highest BCUT2D eigenvalue weighted by Crippen LogP contribution is 2.49. The van der Waals surface area contributed by atoms with Crippen LogP contribution in [0.15, 0.2) is 35.9 Å². The summed E-state index contributed by atoms with van der Waals surface area (Å²) >= 11 is 0. The molecule has 0 atom stereocenters. The number of allylic oxidation sites excluding steroid dienone is 1. The molecule has 1 aliphatic rings. The maximum atomic E-state index is 12.8. The van der Waals surface area contributed by atoms with Gasteiger partial charge in [-0.05, 0) is 36.6 Å². The van der Waals surface area contributed by atoms with Crippen LogP contribution in [0.2, 0.25) is 0 Å². The second-order valence-corrected chi connectivity index (χ2v) is 6.76. The summed E-state index contributed by atoms with van der Waals surface area (Å²) in [4.78, 5) is 34.2. The highest BCUT2D eigenvalue weighted by molar-refractivity contribution is 6.12. The van der Waals surface area contributed by atoms with E-state index in [1.165, 1.54) is 18.2 Å². The number of nitrogens with zero attached hydrogens (tertiary/aromatic N) is 4. The van der Waals surface area contributed by atoms with Gasteiger partial charge in [0, 0.05) is 41.4 Å². The Kier molecular flexibility index (Phi) is 5.01. The van der Waals surface area contributed by atoms with Crippen molar-refractivity contribution in [3.8, 4) is 23.3 Å². The van der Waals surface area contributed by atoms with Gasteiger partial charge in [0.1, 0.15) is 17.7 Å². The molecule has 2 aromatic rings. The van der Waals surface area contributed by atoms with Crippen LogP contribution in [0.5, 0.6) is 0 Å². The Morgan fingerprint density at radius 1 is 0.967 bits per heavy atom. The SMILES string of the molecule is CC(C)NC(=O)c1cc([N+](=O)[O-])cc2c1-c1ccc([N+](=O)[O-])cc1C2=C(C#N)C#N. The molecule has 3 rings (SSSR count). The van der Waals surface area contributed by atoms with Gasteiger partial charge in [-0.3, -0.25) is 25.0 Å². The Labute approximate surface area is 170 Å². The van der Waals surface area contributed by atoms with Crippen LogP contribution in [-0.4, -0.2) is 21.8 Å². The largest absolute Gasteiger partial charge is 0.350 e. The first-order valence-corrected chi connectivity index (χ1v) is 8.66. The molecule has 30 heavy (non-hydrogen) atoms. The molecule has 148 valence electrons. The van der Waals surface area contributed by atoms with Crippen LogP contribution in [0.4, 0.5) is 11.4 Å². The van der Waals surface area contributed by atoms with E-state index in [2.05, 4.69) is 5.32 Å². The molecule has 1 N–H and O–H groups in total. The van der Waals surface area contributed by atoms with Crippen molar-refractivity contribution in [2.75, 3.05) is 0 Å². The number of carbonyl (C=O) groups is 1. The summed E-state index contributed by atoms with van der Waals surface area (Å²) < 4.78 is 0. The Hall–Kier alpha value is -4.57. The molecule has 0 spiro atoms. The number of nitro benzene ring substituents is 2. The van der Waals surface area contributed by atoms with Crippen molar-refractivity contribution in [3.05, 3.63) is 72.8 Å². The van der Waals surface area contributed by atoms with E-state index >= 15 is 0 Å². The van der Waals surface area contributed by atoms with Gasteiger partial charge in [-0.15, -0.1) is 0 Å². The number of benzene rings is 2. The van der Waals surface area contributed by atoms with Crippen LogP contribution >= 0.6 is 0 Å². The molecule has 0 saturated heterocycles. The fourth-order valence-corrected chi connectivity index (χ4v) is 3.36. The normalized spacial score (nSPS) is 11.2. The standard InChI is InChI=1S/C20H13N5O5/c1-10(2)23-20(26)17-7-13(25(29)30)6-16-18(11(8-21)9-22)15-5-12(24(27)28)3-4-14(15)19(16)17/h3-7,10H,1-2H3,(H,23,26). The van der Waals surface area contributed by atoms with Gasteiger partial charge in [-0.2, -0.15) is 10.5 Å². The highest BCUT2D eigenvalue weighted by Gasteiger charge is 2.34. The van der Waals surface area contributed by atoms with Gasteiger partial charge in [-0.1, -0.05) is 0 Å². The maximum absolute atomic E-state index is 12.8. The van der Waals surface area contributed by atoms with Crippen molar-refractivity contribution in [1.82, 2.24) is 5.32 Å². The zero-order chi connectivity index (χ0) is 22.2. The van der Waals surface area contributed by atoms with Crippen molar-refractivity contribution >= 4 is 22.9 Å². The zero-order valence-electron chi connectivity index (χ0n) is 15.8. The predicted molar refractivity (Wildman–Crippen MR) is 105 cm³/mol. The Balaban J connectivity index is 2.47. The Morgan fingerprint density at radius 3 is 2.10 bits per heavy atom. The molecule has 0 radical (unpaired) electrons. The van der Waals surface area contributed by atoms with Crippen LogP contribution in [0, 0.1) is 42.9 Å². The lowest BCUT2D eigenvalue weighted by molar-refractivity contribution is -0.385. The molecule has 0 heterocycles. The minimum atomic E-state index is -0.687. The zero-order valence-corrected chi connectivity index (χ0v) is 15.8. The number of nitrogens with one attached hydrogen (secondary N) is 1. The fraction of sp³-hybridized carbons (Fsp3) is 0.150. The molecule has 2 aromatic carbocycles. The number of non-ortho nitro benzene ring substituents is 2. The lowest BCUT2D eigenvalue weighted by Gasteiger charge is -2.12. The maximum Gasteiger partial charge on any atom is 0.270 e. The third-order valence-electron chi connectivity index (χ3n) is 4.49. The Morgan fingerprint density at radius 2 is 1.57 bits per heavy atom. The van der Waals surface area contributed by atoms with E-state index in [1.54, 1.807) is 26.0 Å². The number of fused-ring (bicyclic) bond motifs is 3. The molecule has 0 aromatic heterocycles. The van der Waals surface area contributed by atoms with Crippen LogP contribution in [0.1, 0.15) is 35.3 Å². The van der Waals surface area contributed by atoms with Crippen LogP contribution in [0.25, 0.3) is 16.7 Å². The fourth-order valence-electron chi connectivity index (χ4n) is 3.36. The molecule has 0 saturated carbocycles. The lowest BCUT2D eigenvalue weighted by Crippen LogP contribution is -2.30. The van der Waals surface area contributed by atoms with E-state index in [-0.39, 0.29) is 45.1 Å². The van der Waals surface area contributed by atoms with E-state index in [0.717, 1.165) is 12.1 Å². The third-order valence-corrected chi connectivity index (χ3v) is 4.49. The molecule has 0 aliphatic heterocycles. The number of hydrogen-bond acceptors (Lipinski definition) is 7. The Bertz CT molecular complexity index is 1230. The van der Waals surface area contributed by atoms with E-state index < -0.39 is 21.4 Å². The highest BCUT2D eigenvalue weighted by atomic mass is 16.6. The van der Waals surface area contributed by atoms with Crippen LogP contribution in [-0.2, 0) is 0 Å². The van der Waals surface area contributed by atoms with E-state index in [4.69, 9.17) is 0 Å². The molecule has 1 amide bonds. The second-order valence-electron chi connectivity index (χ2n) is 6.76. The lowest BCUT2D eigenvalue weighted by atomic mass is 9.96. The number of rotatable bonds is 4. The average molecular weight is 403 g/mol. The molecule has 10 nitrogen and oxygen atoms in total. The molecular formula is C20H13N5O5. The summed E-state index contributed by atoms with van der Waals surface area (Å²) in [6, 6.07) is 9.31. The van der Waals surface area contributed by atoms with Crippen molar-refractivity contribution in [2.24, 2.45) is 0 Å². The van der Waals surface area contributed by atoms with Gasteiger partial charge in [0.05, 0.1) is 15.4 Å². The van der Waals surface area contributed by atoms with Crippen molar-refractivity contribution in [2.45, 2.75) is 19.9 Å². The van der Waals surface area contributed by atoms with Crippen LogP contribution in [0.3, 0.4) is 0 Å². The first-order chi connectivity index (χ1) is 14.2. The molecular weight excluding hydrogens is 390 g/mol. The summed E-state index contributed by atoms with van der Waals surface area (Å²) in [5, 5.41) is 44.2. The summed E-state index contributed by atoms with van der Waals surface area (Å²) in [6.45, 7) is 3.45. The molecule has 10 heteroatoms. The predicted octanol–water partition coefficient (Wildman–Crippen LogP) is 3.47. The molecule has 1 aliphatic carbocycles. The second kappa shape index (κ2) is 7.45. The summed E-state index contributed by atoms with van der Waals surface area (Å²) in [7, 11) is 0. The summed E-state index contributed by atoms with van der Waals surface area (Å²) in [5.41, 5.74) is -0.0766. The molecule has 0 fully saturated rings. The van der Waals surface area contributed by atoms with Gasteiger partial charge >= 0.3 is 0 Å². The minimum Gasteiger partial charge on any atom is -0.350 e. The topological polar surface area (TPSA) is 163 Å². The van der Waals surface area contributed by atoms with E-state index in [9.17, 15) is 35.5 Å². The van der Waals surface area contributed by atoms with Gasteiger partial charge in [0.25, 0.3) is 17.3 Å². The van der Waals surface area contributed by atoms with Gasteiger partial charge in [-0.25, -0.2) is 0 Å². The van der Waals surface area contributed by atoms with Gasteiger partial charge < -0.3 is 5.32 Å². The third kappa shape index (κ3) is 3.23. The quantitative estimate of drug-likeness (QED) is 0.396. The monoisotopic (exact) mass is 403 g/mol. The first kappa shape index (κ1) is 20.2. The number of hydrogen-bond donors (Lipinski definition) is 1. The van der Waals surface area contributed by atoms with Crippen LogP contribution < -0.4 is 5.32 Å². The molecule has 0 unspecified atom stereocenters. The smallest absolute Gasteiger partial charge is 0.270 e. The van der Waals surface area contributed by atoms with Gasteiger partial charge in [0.15, 0.2) is 0 Å². The molecule has 0 bridgehead atoms. The van der Waals surface area contributed by atoms with Crippen molar-refractivity contribution in [3.63, 3.8) is 0 Å². The average Bonchev–Trinajstić information content (AvgIpc) is 3.01. The first-order valence-electron chi connectivity index (χ1n) is 8.66. The number of nitriles is 2. The number of amides is 1. The number of carbonyl (C=O) groups excluding carboxylic acids is 1. The van der Waals surface area contributed by atoms with Gasteiger partial charge in [0.2, 0.25) is 0 Å².